The summed E-state index contributed by atoms with van der Waals surface area (Å²) >= 11 is 0. The Morgan fingerprint density at radius 2 is 1.39 bits per heavy atom. The summed E-state index contributed by atoms with van der Waals surface area (Å²) in [5.74, 6) is 4.35. The third kappa shape index (κ3) is 14.7. The van der Waals surface area contributed by atoms with Gasteiger partial charge in [-0.15, -0.1) is 0 Å². The summed E-state index contributed by atoms with van der Waals surface area (Å²) in [5, 5.41) is 32.5. The smallest absolute Gasteiger partial charge is 0.305 e. The summed E-state index contributed by atoms with van der Waals surface area (Å²) in [4.78, 5) is 12.6. The van der Waals surface area contributed by atoms with Crippen LogP contribution in [0.15, 0.2) is 84.6 Å². The lowest BCUT2D eigenvalue weighted by atomic mass is 9.47. The molecule has 4 aliphatic carbocycles. The van der Waals surface area contributed by atoms with Crippen molar-refractivity contribution in [2.24, 2.45) is 46.3 Å². The molecule has 7 nitrogen and oxygen atoms in total. The minimum Gasteiger partial charge on any atom is -0.463 e. The zero-order valence-corrected chi connectivity index (χ0v) is 41.0. The highest BCUT2D eigenvalue weighted by atomic mass is 16.7. The second-order valence-corrected chi connectivity index (χ2v) is 21.1. The summed E-state index contributed by atoms with van der Waals surface area (Å²) in [6.07, 6.45) is 44.3. The first-order valence-corrected chi connectivity index (χ1v) is 26.0. The Kier molecular flexibility index (Phi) is 21.9. The molecule has 1 heterocycles. The Labute approximate surface area is 389 Å². The highest BCUT2D eigenvalue weighted by Gasteiger charge is 2.59. The first kappa shape index (κ1) is 52.4. The van der Waals surface area contributed by atoms with Gasteiger partial charge in [-0.1, -0.05) is 145 Å². The number of hydrogen-bond donors (Lipinski definition) is 3. The molecule has 0 bridgehead atoms. The van der Waals surface area contributed by atoms with Crippen molar-refractivity contribution in [1.29, 1.82) is 0 Å². The fourth-order valence-corrected chi connectivity index (χ4v) is 12.5. The van der Waals surface area contributed by atoms with E-state index in [9.17, 15) is 20.1 Å². The van der Waals surface area contributed by atoms with Crippen molar-refractivity contribution in [3.8, 4) is 0 Å². The molecular formula is C57H90O7. The number of aliphatic hydroxyl groups excluding tert-OH is 3. The summed E-state index contributed by atoms with van der Waals surface area (Å²) in [6.45, 7) is 14.4. The first-order valence-electron chi connectivity index (χ1n) is 26.0. The fraction of sp³-hybridized carbons (Fsp3) is 0.737. The standard InChI is InChI=1S/C57H90O7/c1-7-8-9-10-11-12-13-14-15-16-17-18-19-20-21-22-23-24-25-26-27-31-51(58)62-41-50-52(59)53(60)54(61)55(64-50)63-45-36-38-56(5)44(40-45)32-33-46-48-35-34-47(43(4)30-28-29-42(2)3)57(48,6)39-37-49(46)56/h8-9,11-12,14-15,17-18,20-21,23-24,32,42-43,45-50,52-55,59-61H,7,10,13,16,19,22,25-31,33-41H2,1-6H3/b9-8-,12-11-,15-14-,18-17-,21-20-,24-23-. The number of esters is 1. The molecule has 64 heavy (non-hydrogen) atoms. The van der Waals surface area contributed by atoms with Crippen LogP contribution in [-0.2, 0) is 19.0 Å². The van der Waals surface area contributed by atoms with E-state index in [1.165, 1.54) is 50.5 Å². The van der Waals surface area contributed by atoms with Crippen LogP contribution in [0.25, 0.3) is 0 Å². The molecule has 0 aromatic carbocycles. The van der Waals surface area contributed by atoms with Gasteiger partial charge in [-0.25, -0.2) is 0 Å². The molecule has 5 rings (SSSR count). The predicted octanol–water partition coefficient (Wildman–Crippen LogP) is 13.0. The van der Waals surface area contributed by atoms with Gasteiger partial charge in [0.2, 0.25) is 0 Å². The maximum absolute atomic E-state index is 12.6. The van der Waals surface area contributed by atoms with Crippen LogP contribution in [0.4, 0.5) is 0 Å². The van der Waals surface area contributed by atoms with Crippen LogP contribution >= 0.6 is 0 Å². The third-order valence-electron chi connectivity index (χ3n) is 16.3. The highest BCUT2D eigenvalue weighted by molar-refractivity contribution is 5.69. The Morgan fingerprint density at radius 1 is 0.750 bits per heavy atom. The van der Waals surface area contributed by atoms with Gasteiger partial charge >= 0.3 is 5.97 Å². The van der Waals surface area contributed by atoms with Gasteiger partial charge in [0.1, 0.15) is 31.0 Å². The van der Waals surface area contributed by atoms with Gasteiger partial charge in [0.05, 0.1) is 6.10 Å². The van der Waals surface area contributed by atoms with Gasteiger partial charge in [-0.05, 0) is 155 Å². The molecule has 5 aliphatic rings. The molecule has 13 atom stereocenters. The summed E-state index contributed by atoms with van der Waals surface area (Å²) < 4.78 is 18.0. The van der Waals surface area contributed by atoms with Crippen molar-refractivity contribution in [3.63, 3.8) is 0 Å². The van der Waals surface area contributed by atoms with E-state index in [1.807, 2.05) is 0 Å². The second kappa shape index (κ2) is 26.7. The molecule has 4 fully saturated rings. The van der Waals surface area contributed by atoms with E-state index >= 15 is 0 Å². The van der Waals surface area contributed by atoms with Crippen LogP contribution in [0.3, 0.4) is 0 Å². The zero-order valence-electron chi connectivity index (χ0n) is 41.0. The van der Waals surface area contributed by atoms with Crippen molar-refractivity contribution in [3.05, 3.63) is 84.6 Å². The topological polar surface area (TPSA) is 105 Å². The molecular weight excluding hydrogens is 797 g/mol. The minimum absolute atomic E-state index is 0.154. The van der Waals surface area contributed by atoms with Crippen LogP contribution in [-0.4, -0.2) is 64.7 Å². The average molecular weight is 887 g/mol. The lowest BCUT2D eigenvalue weighted by Gasteiger charge is -2.58. The number of carbonyl (C=O) groups excluding carboxylic acids is 1. The predicted molar refractivity (Wildman–Crippen MR) is 262 cm³/mol. The largest absolute Gasteiger partial charge is 0.463 e. The number of rotatable bonds is 25. The molecule has 360 valence electrons. The maximum atomic E-state index is 12.6. The van der Waals surface area contributed by atoms with Crippen LogP contribution in [0.1, 0.15) is 176 Å². The van der Waals surface area contributed by atoms with Crippen molar-refractivity contribution >= 4 is 5.97 Å². The van der Waals surface area contributed by atoms with Gasteiger partial charge in [0, 0.05) is 6.42 Å². The molecule has 0 aromatic rings. The summed E-state index contributed by atoms with van der Waals surface area (Å²) in [5.41, 5.74) is 2.11. The zero-order chi connectivity index (χ0) is 46.0. The summed E-state index contributed by atoms with van der Waals surface area (Å²) in [7, 11) is 0. The van der Waals surface area contributed by atoms with Gasteiger partial charge in [0.25, 0.3) is 0 Å². The molecule has 3 saturated carbocycles. The van der Waals surface area contributed by atoms with E-state index in [0.29, 0.717) is 17.8 Å². The Bertz CT molecular complexity index is 1600. The second-order valence-electron chi connectivity index (χ2n) is 21.1. The molecule has 13 unspecified atom stereocenters. The molecule has 0 spiro atoms. The van der Waals surface area contributed by atoms with E-state index in [2.05, 4.69) is 121 Å². The molecule has 1 aliphatic heterocycles. The van der Waals surface area contributed by atoms with Crippen molar-refractivity contribution in [2.45, 2.75) is 213 Å². The van der Waals surface area contributed by atoms with Crippen LogP contribution in [0.5, 0.6) is 0 Å². The van der Waals surface area contributed by atoms with Gasteiger partial charge in [-0.3, -0.25) is 4.79 Å². The number of ether oxygens (including phenoxy) is 3. The number of carbonyl (C=O) groups is 1. The third-order valence-corrected chi connectivity index (χ3v) is 16.3. The normalized spacial score (nSPS) is 35.0. The highest BCUT2D eigenvalue weighted by Crippen LogP contribution is 2.67. The molecule has 7 heteroatoms. The van der Waals surface area contributed by atoms with Crippen molar-refractivity contribution in [2.75, 3.05) is 6.61 Å². The monoisotopic (exact) mass is 887 g/mol. The van der Waals surface area contributed by atoms with Crippen molar-refractivity contribution < 1.29 is 34.3 Å². The number of allylic oxidation sites excluding steroid dienone is 13. The van der Waals surface area contributed by atoms with Crippen LogP contribution in [0, 0.1) is 46.3 Å². The van der Waals surface area contributed by atoms with E-state index in [0.717, 1.165) is 107 Å². The number of aliphatic hydroxyl groups is 3. The molecule has 1 saturated heterocycles. The number of fused-ring (bicyclic) bond motifs is 5. The van der Waals surface area contributed by atoms with E-state index in [-0.39, 0.29) is 30.5 Å². The molecule has 0 amide bonds. The lowest BCUT2D eigenvalue weighted by Crippen LogP contribution is -2.60. The lowest BCUT2D eigenvalue weighted by molar-refractivity contribution is -0.313. The Hall–Kier alpha value is -2.55. The van der Waals surface area contributed by atoms with Gasteiger partial charge in [-0.2, -0.15) is 0 Å². The van der Waals surface area contributed by atoms with E-state index in [1.54, 1.807) is 0 Å². The van der Waals surface area contributed by atoms with Crippen LogP contribution in [0.2, 0.25) is 0 Å². The molecule has 0 radical (unpaired) electrons. The molecule has 0 aromatic heterocycles. The maximum Gasteiger partial charge on any atom is 0.305 e. The number of hydrogen-bond acceptors (Lipinski definition) is 7. The fourth-order valence-electron chi connectivity index (χ4n) is 12.5. The number of unbranched alkanes of at least 4 members (excludes halogenated alkanes) is 2. The van der Waals surface area contributed by atoms with Gasteiger partial charge in [0.15, 0.2) is 6.29 Å². The minimum atomic E-state index is -1.46. The molecule has 3 N–H and O–H groups in total. The van der Waals surface area contributed by atoms with Gasteiger partial charge < -0.3 is 29.5 Å². The Morgan fingerprint density at radius 3 is 2.03 bits per heavy atom. The van der Waals surface area contributed by atoms with E-state index in [4.69, 9.17) is 14.2 Å². The van der Waals surface area contributed by atoms with E-state index < -0.39 is 30.7 Å². The Balaban J connectivity index is 0.971. The SMILES string of the molecule is CC/C=C\C/C=C\C/C=C\C/C=C\C/C=C\C/C=C\CCCCC(=O)OCC1OC(OC2CCC3(C)C(=CCC4C3CCC3(C)C(C(C)CCCC(C)C)CCC43)C2)C(O)C(O)C1O. The first-order chi connectivity index (χ1) is 30.9. The quantitative estimate of drug-likeness (QED) is 0.0476. The van der Waals surface area contributed by atoms with Crippen molar-refractivity contribution in [1.82, 2.24) is 0 Å². The van der Waals surface area contributed by atoms with Crippen LogP contribution < -0.4 is 0 Å². The summed E-state index contributed by atoms with van der Waals surface area (Å²) in [6, 6.07) is 0. The average Bonchev–Trinajstić information content (AvgIpc) is 3.64.